The third-order valence-electron chi connectivity index (χ3n) is 3.12. The molecular weight excluding hydrogens is 200 g/mol. The van der Waals surface area contributed by atoms with E-state index in [9.17, 15) is 0 Å². The molecule has 0 bridgehead atoms. The van der Waals surface area contributed by atoms with Crippen molar-refractivity contribution in [3.05, 3.63) is 30.1 Å². The largest absolute Gasteiger partial charge is 0.395 e. The molecule has 1 aliphatic rings. The number of rotatable bonds is 6. The minimum absolute atomic E-state index is 0.175. The van der Waals surface area contributed by atoms with Gasteiger partial charge < -0.3 is 10.4 Å². The number of nitrogens with one attached hydrogen (secondary N) is 1. The third kappa shape index (κ3) is 3.29. The molecule has 1 heterocycles. The van der Waals surface area contributed by atoms with Gasteiger partial charge in [-0.1, -0.05) is 6.07 Å². The predicted molar refractivity (Wildman–Crippen MR) is 64.1 cm³/mol. The van der Waals surface area contributed by atoms with Crippen LogP contribution in [0.2, 0.25) is 0 Å². The summed E-state index contributed by atoms with van der Waals surface area (Å²) in [6.07, 6.45) is 5.43. The van der Waals surface area contributed by atoms with Crippen molar-refractivity contribution < 1.29 is 5.11 Å². The van der Waals surface area contributed by atoms with Crippen molar-refractivity contribution in [3.8, 4) is 0 Å². The van der Waals surface area contributed by atoms with Crippen molar-refractivity contribution in [2.24, 2.45) is 5.92 Å². The number of aromatic nitrogens is 1. The standard InChI is InChI=1S/C13H20N2O/c1-10(9-16)15-13(11-5-6-11)8-12-4-2-3-7-14-12/h2-4,7,10-11,13,15-16H,5-6,8-9H2,1H3/t10-,13?/m0/s1. The molecule has 0 radical (unpaired) electrons. The zero-order valence-electron chi connectivity index (χ0n) is 9.76. The van der Waals surface area contributed by atoms with Gasteiger partial charge in [-0.25, -0.2) is 0 Å². The molecule has 2 N–H and O–H groups in total. The lowest BCUT2D eigenvalue weighted by molar-refractivity contribution is 0.235. The zero-order chi connectivity index (χ0) is 11.4. The summed E-state index contributed by atoms with van der Waals surface area (Å²) in [5.74, 6) is 0.774. The Hall–Kier alpha value is -0.930. The maximum atomic E-state index is 9.07. The number of hydrogen-bond acceptors (Lipinski definition) is 3. The molecule has 88 valence electrons. The van der Waals surface area contributed by atoms with Crippen LogP contribution in [0, 0.1) is 5.92 Å². The van der Waals surface area contributed by atoms with Gasteiger partial charge in [0, 0.05) is 30.4 Å². The second kappa shape index (κ2) is 5.41. The van der Waals surface area contributed by atoms with Crippen LogP contribution in [0.5, 0.6) is 0 Å². The molecule has 1 saturated carbocycles. The Bertz CT molecular complexity index is 311. The Kier molecular flexibility index (Phi) is 3.91. The van der Waals surface area contributed by atoms with Crippen molar-refractivity contribution in [1.82, 2.24) is 10.3 Å². The molecule has 1 fully saturated rings. The van der Waals surface area contributed by atoms with Crippen molar-refractivity contribution in [2.75, 3.05) is 6.61 Å². The number of nitrogens with zero attached hydrogens (tertiary/aromatic N) is 1. The summed E-state index contributed by atoms with van der Waals surface area (Å²) < 4.78 is 0. The fraction of sp³-hybridized carbons (Fsp3) is 0.615. The van der Waals surface area contributed by atoms with Crippen LogP contribution in [0.4, 0.5) is 0 Å². The van der Waals surface area contributed by atoms with Crippen molar-refractivity contribution in [1.29, 1.82) is 0 Å². The van der Waals surface area contributed by atoms with Gasteiger partial charge in [0.25, 0.3) is 0 Å². The molecule has 0 spiro atoms. The first-order chi connectivity index (χ1) is 7.79. The van der Waals surface area contributed by atoms with Crippen molar-refractivity contribution in [3.63, 3.8) is 0 Å². The van der Waals surface area contributed by atoms with Crippen LogP contribution < -0.4 is 5.32 Å². The van der Waals surface area contributed by atoms with Gasteiger partial charge in [0.1, 0.15) is 0 Å². The average Bonchev–Trinajstić information content (AvgIpc) is 3.13. The zero-order valence-corrected chi connectivity index (χ0v) is 9.76. The first-order valence-electron chi connectivity index (χ1n) is 6.06. The molecule has 1 aliphatic carbocycles. The van der Waals surface area contributed by atoms with Crippen LogP contribution in [0.3, 0.4) is 0 Å². The fourth-order valence-electron chi connectivity index (χ4n) is 2.02. The first-order valence-corrected chi connectivity index (χ1v) is 6.06. The number of pyridine rings is 1. The normalized spacial score (nSPS) is 19.4. The van der Waals surface area contributed by atoms with E-state index in [1.807, 2.05) is 25.3 Å². The lowest BCUT2D eigenvalue weighted by atomic mass is 10.1. The SMILES string of the molecule is C[C@@H](CO)NC(Cc1ccccn1)C1CC1. The molecule has 3 heteroatoms. The Balaban J connectivity index is 1.92. The van der Waals surface area contributed by atoms with Crippen LogP contribution in [0.15, 0.2) is 24.4 Å². The number of aliphatic hydroxyl groups is 1. The molecule has 0 amide bonds. The van der Waals surface area contributed by atoms with E-state index in [4.69, 9.17) is 5.11 Å². The molecule has 16 heavy (non-hydrogen) atoms. The second-order valence-electron chi connectivity index (χ2n) is 4.72. The Morgan fingerprint density at radius 3 is 2.88 bits per heavy atom. The highest BCUT2D eigenvalue weighted by atomic mass is 16.3. The van der Waals surface area contributed by atoms with E-state index < -0.39 is 0 Å². The molecule has 3 nitrogen and oxygen atoms in total. The smallest absolute Gasteiger partial charge is 0.0582 e. The van der Waals surface area contributed by atoms with Crippen LogP contribution in [-0.4, -0.2) is 28.8 Å². The van der Waals surface area contributed by atoms with Crippen LogP contribution in [0.25, 0.3) is 0 Å². The Morgan fingerprint density at radius 2 is 2.31 bits per heavy atom. The minimum Gasteiger partial charge on any atom is -0.395 e. The summed E-state index contributed by atoms with van der Waals surface area (Å²) in [6.45, 7) is 2.22. The second-order valence-corrected chi connectivity index (χ2v) is 4.72. The molecular formula is C13H20N2O. The average molecular weight is 220 g/mol. The minimum atomic E-state index is 0.175. The van der Waals surface area contributed by atoms with Gasteiger partial charge in [0.2, 0.25) is 0 Å². The summed E-state index contributed by atoms with van der Waals surface area (Å²) in [6, 6.07) is 6.69. The van der Waals surface area contributed by atoms with E-state index in [2.05, 4.69) is 16.4 Å². The van der Waals surface area contributed by atoms with E-state index in [-0.39, 0.29) is 12.6 Å². The Morgan fingerprint density at radius 1 is 1.50 bits per heavy atom. The molecule has 1 unspecified atom stereocenters. The maximum Gasteiger partial charge on any atom is 0.0582 e. The van der Waals surface area contributed by atoms with E-state index in [0.29, 0.717) is 6.04 Å². The van der Waals surface area contributed by atoms with E-state index >= 15 is 0 Å². The number of aliphatic hydroxyl groups excluding tert-OH is 1. The highest BCUT2D eigenvalue weighted by Gasteiger charge is 2.31. The lowest BCUT2D eigenvalue weighted by Crippen LogP contribution is -2.41. The van der Waals surface area contributed by atoms with E-state index in [1.54, 1.807) is 0 Å². The van der Waals surface area contributed by atoms with Gasteiger partial charge in [-0.3, -0.25) is 4.98 Å². The molecule has 2 rings (SSSR count). The maximum absolute atomic E-state index is 9.07. The molecule has 0 aliphatic heterocycles. The first kappa shape index (κ1) is 11.6. The van der Waals surface area contributed by atoms with Gasteiger partial charge in [-0.2, -0.15) is 0 Å². The molecule has 1 aromatic rings. The van der Waals surface area contributed by atoms with Gasteiger partial charge in [0.05, 0.1) is 6.61 Å². The summed E-state index contributed by atoms with van der Waals surface area (Å²) in [7, 11) is 0. The summed E-state index contributed by atoms with van der Waals surface area (Å²) in [4.78, 5) is 4.36. The molecule has 0 saturated heterocycles. The van der Waals surface area contributed by atoms with Gasteiger partial charge in [-0.05, 0) is 37.8 Å². The quantitative estimate of drug-likeness (QED) is 0.761. The van der Waals surface area contributed by atoms with Crippen molar-refractivity contribution in [2.45, 2.75) is 38.3 Å². The predicted octanol–water partition coefficient (Wildman–Crippen LogP) is 1.37. The third-order valence-corrected chi connectivity index (χ3v) is 3.12. The monoisotopic (exact) mass is 220 g/mol. The van der Waals surface area contributed by atoms with Gasteiger partial charge in [0.15, 0.2) is 0 Å². The van der Waals surface area contributed by atoms with E-state index in [0.717, 1.165) is 18.0 Å². The number of hydrogen-bond donors (Lipinski definition) is 2. The summed E-state index contributed by atoms with van der Waals surface area (Å²) >= 11 is 0. The van der Waals surface area contributed by atoms with E-state index in [1.165, 1.54) is 12.8 Å². The van der Waals surface area contributed by atoms with Gasteiger partial charge >= 0.3 is 0 Å². The fourth-order valence-corrected chi connectivity index (χ4v) is 2.02. The van der Waals surface area contributed by atoms with Crippen LogP contribution in [-0.2, 0) is 6.42 Å². The summed E-state index contributed by atoms with van der Waals surface area (Å²) in [5.41, 5.74) is 1.14. The summed E-state index contributed by atoms with van der Waals surface area (Å²) in [5, 5.41) is 12.6. The van der Waals surface area contributed by atoms with Crippen LogP contribution in [0.1, 0.15) is 25.5 Å². The van der Waals surface area contributed by atoms with Crippen molar-refractivity contribution >= 4 is 0 Å². The highest BCUT2D eigenvalue weighted by Crippen LogP contribution is 2.34. The molecule has 2 atom stereocenters. The lowest BCUT2D eigenvalue weighted by Gasteiger charge is -2.21. The topological polar surface area (TPSA) is 45.1 Å². The molecule has 1 aromatic heterocycles. The van der Waals surface area contributed by atoms with Crippen LogP contribution >= 0.6 is 0 Å². The molecule has 0 aromatic carbocycles. The highest BCUT2D eigenvalue weighted by molar-refractivity contribution is 5.07. The Labute approximate surface area is 96.9 Å². The van der Waals surface area contributed by atoms with Gasteiger partial charge in [-0.15, -0.1) is 0 Å².